The molecule has 0 saturated carbocycles. The number of thiophene rings is 1. The predicted molar refractivity (Wildman–Crippen MR) is 102 cm³/mol. The Bertz CT molecular complexity index is 895. The van der Waals surface area contributed by atoms with E-state index in [4.69, 9.17) is 15.2 Å². The smallest absolute Gasteiger partial charge is 0.269 e. The van der Waals surface area contributed by atoms with Gasteiger partial charge in [-0.25, -0.2) is 0 Å². The van der Waals surface area contributed by atoms with Crippen LogP contribution in [0.3, 0.4) is 0 Å². The SMILES string of the molecule is CC[NH+]1CCc2c(sc(NC(=O)[C@@H]3COc4ccccc4O3)c2C(N)=O)C1. The van der Waals surface area contributed by atoms with Crippen LogP contribution in [-0.2, 0) is 17.8 Å². The maximum Gasteiger partial charge on any atom is 0.269 e. The van der Waals surface area contributed by atoms with E-state index in [1.165, 1.54) is 16.2 Å². The highest BCUT2D eigenvalue weighted by Gasteiger charge is 2.32. The number of rotatable bonds is 4. The van der Waals surface area contributed by atoms with E-state index in [1.807, 2.05) is 12.1 Å². The minimum atomic E-state index is -0.780. The molecule has 2 aliphatic rings. The molecule has 2 amide bonds. The maximum absolute atomic E-state index is 12.7. The van der Waals surface area contributed by atoms with E-state index in [2.05, 4.69) is 12.2 Å². The molecule has 1 aromatic carbocycles. The molecule has 7 nitrogen and oxygen atoms in total. The average molecular weight is 388 g/mol. The van der Waals surface area contributed by atoms with Crippen molar-refractivity contribution in [2.45, 2.75) is 26.0 Å². The molecule has 0 fully saturated rings. The van der Waals surface area contributed by atoms with Crippen molar-refractivity contribution in [3.63, 3.8) is 0 Å². The second-order valence-electron chi connectivity index (χ2n) is 6.71. The van der Waals surface area contributed by atoms with Crippen LogP contribution in [0.25, 0.3) is 0 Å². The number of carbonyl (C=O) groups excluding carboxylic acids is 2. The van der Waals surface area contributed by atoms with Crippen LogP contribution in [0, 0.1) is 0 Å². The Labute approximate surface area is 161 Å². The van der Waals surface area contributed by atoms with E-state index < -0.39 is 12.0 Å². The molecule has 1 aromatic heterocycles. The van der Waals surface area contributed by atoms with Crippen molar-refractivity contribution in [1.29, 1.82) is 0 Å². The Kier molecular flexibility index (Phi) is 4.75. The first-order chi connectivity index (χ1) is 13.1. The van der Waals surface area contributed by atoms with Gasteiger partial charge in [0.1, 0.15) is 18.2 Å². The standard InChI is InChI=1S/C19H21N3O4S/c1-2-22-8-7-11-15(9-22)27-19(16(11)17(20)23)21-18(24)14-10-25-12-5-3-4-6-13(12)26-14/h3-6,14H,2,7-10H2,1H3,(H2,20,23)(H,21,24)/p+1/t14-/m0/s1. The highest BCUT2D eigenvalue weighted by Crippen LogP contribution is 2.35. The van der Waals surface area contributed by atoms with Crippen LogP contribution in [0.15, 0.2) is 24.3 Å². The van der Waals surface area contributed by atoms with Crippen molar-refractivity contribution < 1.29 is 24.0 Å². The van der Waals surface area contributed by atoms with Crippen LogP contribution < -0.4 is 25.4 Å². The predicted octanol–water partition coefficient (Wildman–Crippen LogP) is 0.586. The first kappa shape index (κ1) is 17.8. The van der Waals surface area contributed by atoms with Gasteiger partial charge in [-0.2, -0.15) is 0 Å². The Morgan fingerprint density at radius 2 is 2.11 bits per heavy atom. The first-order valence-electron chi connectivity index (χ1n) is 9.04. The summed E-state index contributed by atoms with van der Waals surface area (Å²) < 4.78 is 11.4. The van der Waals surface area contributed by atoms with Crippen LogP contribution in [0.1, 0.15) is 27.7 Å². The lowest BCUT2D eigenvalue weighted by Gasteiger charge is -2.25. The topological polar surface area (TPSA) is 95.1 Å². The Balaban J connectivity index is 1.55. The zero-order valence-corrected chi connectivity index (χ0v) is 15.9. The monoisotopic (exact) mass is 388 g/mol. The molecule has 3 heterocycles. The zero-order valence-electron chi connectivity index (χ0n) is 15.0. The van der Waals surface area contributed by atoms with Crippen LogP contribution >= 0.6 is 11.3 Å². The van der Waals surface area contributed by atoms with Crippen molar-refractivity contribution >= 4 is 28.2 Å². The largest absolute Gasteiger partial charge is 0.485 e. The van der Waals surface area contributed by atoms with Gasteiger partial charge in [0.25, 0.3) is 11.8 Å². The number of para-hydroxylation sites is 2. The van der Waals surface area contributed by atoms with E-state index in [1.54, 1.807) is 12.1 Å². The fourth-order valence-electron chi connectivity index (χ4n) is 3.53. The third-order valence-corrected chi connectivity index (χ3v) is 6.16. The fraction of sp³-hybridized carbons (Fsp3) is 0.368. The molecule has 142 valence electrons. The molecule has 0 saturated heterocycles. The molecule has 8 heteroatoms. The maximum atomic E-state index is 12.7. The summed E-state index contributed by atoms with van der Waals surface area (Å²) in [4.78, 5) is 27.3. The molecule has 2 aliphatic heterocycles. The van der Waals surface area contributed by atoms with Crippen molar-refractivity contribution in [1.82, 2.24) is 0 Å². The number of benzene rings is 1. The summed E-state index contributed by atoms with van der Waals surface area (Å²) in [6.07, 6.45) is 0.0112. The van der Waals surface area contributed by atoms with Gasteiger partial charge in [-0.1, -0.05) is 12.1 Å². The molecule has 0 aliphatic carbocycles. The number of anilines is 1. The molecule has 2 atom stereocenters. The molecule has 1 unspecified atom stereocenters. The van der Waals surface area contributed by atoms with Gasteiger partial charge in [-0.3, -0.25) is 9.59 Å². The van der Waals surface area contributed by atoms with Crippen molar-refractivity contribution in [3.05, 3.63) is 40.3 Å². The normalized spacial score (nSPS) is 20.6. The summed E-state index contributed by atoms with van der Waals surface area (Å²) in [5, 5.41) is 3.36. The summed E-state index contributed by atoms with van der Waals surface area (Å²) in [7, 11) is 0. The number of nitrogens with two attached hydrogens (primary N) is 1. The van der Waals surface area contributed by atoms with Gasteiger partial charge in [-0.05, 0) is 24.6 Å². The number of hydrogen-bond acceptors (Lipinski definition) is 5. The lowest BCUT2D eigenvalue weighted by Crippen LogP contribution is -3.11. The van der Waals surface area contributed by atoms with Crippen LogP contribution in [0.5, 0.6) is 11.5 Å². The average Bonchev–Trinajstić information content (AvgIpc) is 3.04. The number of primary amides is 1. The van der Waals surface area contributed by atoms with Crippen molar-refractivity contribution in [2.75, 3.05) is 25.0 Å². The third kappa shape index (κ3) is 3.38. The fourth-order valence-corrected chi connectivity index (χ4v) is 4.86. The summed E-state index contributed by atoms with van der Waals surface area (Å²) in [5.74, 6) is 0.305. The molecule has 4 N–H and O–H groups in total. The lowest BCUT2D eigenvalue weighted by molar-refractivity contribution is -0.913. The highest BCUT2D eigenvalue weighted by atomic mass is 32.1. The number of nitrogens with one attached hydrogen (secondary N) is 2. The second-order valence-corrected chi connectivity index (χ2v) is 7.81. The van der Waals surface area contributed by atoms with E-state index in [0.29, 0.717) is 22.1 Å². The molecule has 27 heavy (non-hydrogen) atoms. The van der Waals surface area contributed by atoms with E-state index >= 15 is 0 Å². The highest BCUT2D eigenvalue weighted by molar-refractivity contribution is 7.17. The number of hydrogen-bond donors (Lipinski definition) is 3. The number of quaternary nitrogens is 1. The summed E-state index contributed by atoms with van der Waals surface area (Å²) >= 11 is 1.44. The Morgan fingerprint density at radius 3 is 2.85 bits per heavy atom. The molecule has 4 rings (SSSR count). The first-order valence-corrected chi connectivity index (χ1v) is 9.85. The minimum Gasteiger partial charge on any atom is -0.485 e. The zero-order chi connectivity index (χ0) is 19.0. The molecule has 0 radical (unpaired) electrons. The Hall–Kier alpha value is -2.58. The van der Waals surface area contributed by atoms with Crippen molar-refractivity contribution in [2.24, 2.45) is 5.73 Å². The number of amides is 2. The third-order valence-electron chi connectivity index (χ3n) is 5.01. The van der Waals surface area contributed by atoms with E-state index in [0.717, 1.165) is 36.5 Å². The van der Waals surface area contributed by atoms with Crippen LogP contribution in [0.4, 0.5) is 5.00 Å². The summed E-state index contributed by atoms with van der Waals surface area (Å²) in [6, 6.07) is 7.22. The summed E-state index contributed by atoms with van der Waals surface area (Å²) in [5.41, 5.74) is 7.04. The number of likely N-dealkylation sites (N-methyl/N-ethyl adjacent to an activating group) is 1. The van der Waals surface area contributed by atoms with Gasteiger partial charge >= 0.3 is 0 Å². The summed E-state index contributed by atoms with van der Waals surface area (Å²) in [6.45, 7) is 5.10. The van der Waals surface area contributed by atoms with Gasteiger partial charge in [0, 0.05) is 6.42 Å². The van der Waals surface area contributed by atoms with Gasteiger partial charge in [0.05, 0.1) is 23.5 Å². The van der Waals surface area contributed by atoms with Gasteiger partial charge in [0.15, 0.2) is 11.5 Å². The lowest BCUT2D eigenvalue weighted by atomic mass is 10.0. The van der Waals surface area contributed by atoms with Crippen molar-refractivity contribution in [3.8, 4) is 11.5 Å². The number of fused-ring (bicyclic) bond motifs is 2. The number of ether oxygens (including phenoxy) is 2. The Morgan fingerprint density at radius 1 is 1.33 bits per heavy atom. The minimum absolute atomic E-state index is 0.119. The second kappa shape index (κ2) is 7.21. The van der Waals surface area contributed by atoms with Gasteiger partial charge < -0.3 is 25.4 Å². The van der Waals surface area contributed by atoms with E-state index in [-0.39, 0.29) is 12.5 Å². The van der Waals surface area contributed by atoms with Crippen LogP contribution in [0.2, 0.25) is 0 Å². The van der Waals surface area contributed by atoms with Gasteiger partial charge in [0.2, 0.25) is 6.10 Å². The molecular formula is C19H22N3O4S+. The molecule has 0 bridgehead atoms. The quantitative estimate of drug-likeness (QED) is 0.714. The number of carbonyl (C=O) groups is 2. The van der Waals surface area contributed by atoms with Gasteiger partial charge in [-0.15, -0.1) is 11.3 Å². The van der Waals surface area contributed by atoms with E-state index in [9.17, 15) is 9.59 Å². The molecule has 0 spiro atoms. The molecular weight excluding hydrogens is 366 g/mol. The van der Waals surface area contributed by atoms with Crippen LogP contribution in [-0.4, -0.2) is 37.6 Å². The molecule has 2 aromatic rings.